The Morgan fingerprint density at radius 1 is 1.17 bits per heavy atom. The molecule has 0 aliphatic heterocycles. The summed E-state index contributed by atoms with van der Waals surface area (Å²) in [4.78, 5) is 5.85. The Bertz CT molecular complexity index is 534. The second-order valence-corrected chi connectivity index (χ2v) is 5.88. The number of nitrogens with zero attached hydrogens (tertiary/aromatic N) is 3. The van der Waals surface area contributed by atoms with Gasteiger partial charge in [-0.3, -0.25) is 4.68 Å². The molecule has 18 heavy (non-hydrogen) atoms. The molecule has 2 heterocycles. The molecule has 0 atom stereocenters. The van der Waals surface area contributed by atoms with Gasteiger partial charge in [0.15, 0.2) is 0 Å². The number of aromatic nitrogens is 3. The third-order valence-electron chi connectivity index (χ3n) is 3.28. The molecule has 0 fully saturated rings. The molecule has 0 bridgehead atoms. The summed E-state index contributed by atoms with van der Waals surface area (Å²) in [5.41, 5.74) is 10.3. The van der Waals surface area contributed by atoms with E-state index in [-0.39, 0.29) is 0 Å². The van der Waals surface area contributed by atoms with E-state index in [1.807, 2.05) is 11.6 Å². The SMILES string of the molecule is Cc1nc(Cn2nc(C)c(CCN)c2C)sc1C. The Kier molecular flexibility index (Phi) is 3.82. The monoisotopic (exact) mass is 264 g/mol. The molecular formula is C13H20N4S. The van der Waals surface area contributed by atoms with Gasteiger partial charge >= 0.3 is 0 Å². The van der Waals surface area contributed by atoms with Gasteiger partial charge < -0.3 is 5.73 Å². The molecule has 0 unspecified atom stereocenters. The number of rotatable bonds is 4. The molecule has 4 nitrogen and oxygen atoms in total. The predicted molar refractivity (Wildman–Crippen MR) is 75.1 cm³/mol. The van der Waals surface area contributed by atoms with Crippen molar-refractivity contribution >= 4 is 11.3 Å². The van der Waals surface area contributed by atoms with Crippen LogP contribution in [0.5, 0.6) is 0 Å². The zero-order valence-corrected chi connectivity index (χ0v) is 12.3. The second-order valence-electron chi connectivity index (χ2n) is 4.59. The molecule has 0 aromatic carbocycles. The lowest BCUT2D eigenvalue weighted by Gasteiger charge is -2.02. The molecule has 0 saturated carbocycles. The minimum atomic E-state index is 0.669. The summed E-state index contributed by atoms with van der Waals surface area (Å²) >= 11 is 1.75. The van der Waals surface area contributed by atoms with Crippen molar-refractivity contribution in [2.24, 2.45) is 5.73 Å². The fourth-order valence-electron chi connectivity index (χ4n) is 2.13. The first-order chi connectivity index (χ1) is 8.52. The van der Waals surface area contributed by atoms with E-state index in [2.05, 4.69) is 30.9 Å². The van der Waals surface area contributed by atoms with Crippen LogP contribution in [0, 0.1) is 27.7 Å². The predicted octanol–water partition coefficient (Wildman–Crippen LogP) is 2.12. The van der Waals surface area contributed by atoms with E-state index in [4.69, 9.17) is 5.73 Å². The Labute approximate surface area is 112 Å². The highest BCUT2D eigenvalue weighted by atomic mass is 32.1. The minimum Gasteiger partial charge on any atom is -0.330 e. The molecule has 0 radical (unpaired) electrons. The topological polar surface area (TPSA) is 56.7 Å². The maximum Gasteiger partial charge on any atom is 0.115 e. The highest BCUT2D eigenvalue weighted by molar-refractivity contribution is 7.11. The average Bonchev–Trinajstić information content (AvgIpc) is 2.75. The number of nitrogens with two attached hydrogens (primary N) is 1. The van der Waals surface area contributed by atoms with Crippen LogP contribution in [0.3, 0.4) is 0 Å². The van der Waals surface area contributed by atoms with Crippen molar-refractivity contribution in [3.05, 3.63) is 32.5 Å². The summed E-state index contributed by atoms with van der Waals surface area (Å²) < 4.78 is 2.04. The van der Waals surface area contributed by atoms with E-state index in [0.717, 1.165) is 29.4 Å². The molecule has 2 rings (SSSR count). The first-order valence-electron chi connectivity index (χ1n) is 6.18. The fraction of sp³-hybridized carbons (Fsp3) is 0.538. The second kappa shape index (κ2) is 5.20. The summed E-state index contributed by atoms with van der Waals surface area (Å²) in [6.45, 7) is 9.75. The number of aryl methyl sites for hydroxylation is 3. The van der Waals surface area contributed by atoms with Crippen molar-refractivity contribution in [3.63, 3.8) is 0 Å². The number of hydrogen-bond donors (Lipinski definition) is 1. The summed E-state index contributed by atoms with van der Waals surface area (Å²) in [5, 5.41) is 5.71. The van der Waals surface area contributed by atoms with Gasteiger partial charge in [-0.2, -0.15) is 5.10 Å². The largest absolute Gasteiger partial charge is 0.330 e. The van der Waals surface area contributed by atoms with Crippen LogP contribution in [0.25, 0.3) is 0 Å². The molecule has 0 saturated heterocycles. The van der Waals surface area contributed by atoms with Crippen LogP contribution < -0.4 is 5.73 Å². The highest BCUT2D eigenvalue weighted by Gasteiger charge is 2.12. The molecule has 98 valence electrons. The first kappa shape index (κ1) is 13.2. The normalized spacial score (nSPS) is 11.2. The molecule has 0 aliphatic rings. The van der Waals surface area contributed by atoms with Crippen LogP contribution in [0.4, 0.5) is 0 Å². The summed E-state index contributed by atoms with van der Waals surface area (Å²) in [6.07, 6.45) is 0.896. The van der Waals surface area contributed by atoms with Gasteiger partial charge in [0, 0.05) is 10.6 Å². The summed E-state index contributed by atoms with van der Waals surface area (Å²) in [6, 6.07) is 0. The van der Waals surface area contributed by atoms with Crippen LogP contribution in [-0.2, 0) is 13.0 Å². The fourth-order valence-corrected chi connectivity index (χ4v) is 3.05. The van der Waals surface area contributed by atoms with Gasteiger partial charge in [-0.05, 0) is 46.2 Å². The maximum atomic E-state index is 5.64. The van der Waals surface area contributed by atoms with Crippen LogP contribution >= 0.6 is 11.3 Å². The van der Waals surface area contributed by atoms with Crippen molar-refractivity contribution in [1.29, 1.82) is 0 Å². The number of thiazole rings is 1. The average molecular weight is 264 g/mol. The molecule has 0 amide bonds. The lowest BCUT2D eigenvalue weighted by molar-refractivity contribution is 0.654. The standard InChI is InChI=1S/C13H20N4S/c1-8-11(4)18-13(15-8)7-17-10(3)12(5-6-14)9(2)16-17/h5-7,14H2,1-4H3. The summed E-state index contributed by atoms with van der Waals surface area (Å²) in [5.74, 6) is 0. The first-order valence-corrected chi connectivity index (χ1v) is 7.00. The van der Waals surface area contributed by atoms with Gasteiger partial charge in [0.2, 0.25) is 0 Å². The van der Waals surface area contributed by atoms with Gasteiger partial charge in [-0.15, -0.1) is 11.3 Å². The van der Waals surface area contributed by atoms with Crippen molar-refractivity contribution in [2.75, 3.05) is 6.54 Å². The Morgan fingerprint density at radius 2 is 1.89 bits per heavy atom. The number of hydrogen-bond acceptors (Lipinski definition) is 4. The van der Waals surface area contributed by atoms with E-state index >= 15 is 0 Å². The molecule has 0 spiro atoms. The van der Waals surface area contributed by atoms with Crippen molar-refractivity contribution in [1.82, 2.24) is 14.8 Å². The van der Waals surface area contributed by atoms with Gasteiger partial charge in [-0.25, -0.2) is 4.98 Å². The van der Waals surface area contributed by atoms with E-state index in [1.54, 1.807) is 11.3 Å². The van der Waals surface area contributed by atoms with Crippen LogP contribution in [0.1, 0.15) is 32.5 Å². The van der Waals surface area contributed by atoms with Crippen LogP contribution in [0.2, 0.25) is 0 Å². The maximum absolute atomic E-state index is 5.64. The molecule has 2 aromatic rings. The molecular weight excluding hydrogens is 244 g/mol. The smallest absolute Gasteiger partial charge is 0.115 e. The van der Waals surface area contributed by atoms with Gasteiger partial charge in [0.25, 0.3) is 0 Å². The van der Waals surface area contributed by atoms with E-state index in [1.165, 1.54) is 16.1 Å². The zero-order chi connectivity index (χ0) is 13.3. The zero-order valence-electron chi connectivity index (χ0n) is 11.4. The Morgan fingerprint density at radius 3 is 2.44 bits per heavy atom. The Hall–Kier alpha value is -1.20. The third-order valence-corrected chi connectivity index (χ3v) is 4.34. The minimum absolute atomic E-state index is 0.669. The van der Waals surface area contributed by atoms with Crippen LogP contribution in [0.15, 0.2) is 0 Å². The van der Waals surface area contributed by atoms with Gasteiger partial charge in [-0.1, -0.05) is 0 Å². The molecule has 2 N–H and O–H groups in total. The summed E-state index contributed by atoms with van der Waals surface area (Å²) in [7, 11) is 0. The third kappa shape index (κ3) is 2.47. The lowest BCUT2D eigenvalue weighted by Crippen LogP contribution is -2.06. The molecule has 2 aromatic heterocycles. The van der Waals surface area contributed by atoms with Gasteiger partial charge in [0.05, 0.1) is 17.9 Å². The van der Waals surface area contributed by atoms with Crippen molar-refractivity contribution in [3.8, 4) is 0 Å². The Balaban J connectivity index is 2.26. The highest BCUT2D eigenvalue weighted by Crippen LogP contribution is 2.20. The van der Waals surface area contributed by atoms with E-state index in [9.17, 15) is 0 Å². The lowest BCUT2D eigenvalue weighted by atomic mass is 10.1. The molecule has 5 heteroatoms. The van der Waals surface area contributed by atoms with Crippen LogP contribution in [-0.4, -0.2) is 21.3 Å². The van der Waals surface area contributed by atoms with Crippen molar-refractivity contribution in [2.45, 2.75) is 40.7 Å². The van der Waals surface area contributed by atoms with E-state index < -0.39 is 0 Å². The van der Waals surface area contributed by atoms with E-state index in [0.29, 0.717) is 6.54 Å². The van der Waals surface area contributed by atoms with Crippen molar-refractivity contribution < 1.29 is 0 Å². The molecule has 0 aliphatic carbocycles. The quantitative estimate of drug-likeness (QED) is 0.920. The van der Waals surface area contributed by atoms with Gasteiger partial charge in [0.1, 0.15) is 5.01 Å².